The van der Waals surface area contributed by atoms with Gasteiger partial charge in [-0.2, -0.15) is 0 Å². The molecule has 0 radical (unpaired) electrons. The van der Waals surface area contributed by atoms with Crippen LogP contribution in [0.15, 0.2) is 22.7 Å². The molecular weight excluding hydrogens is 254 g/mol. The lowest BCUT2D eigenvalue weighted by molar-refractivity contribution is 0.495. The van der Waals surface area contributed by atoms with Crippen LogP contribution in [0.4, 0.5) is 0 Å². The number of aromatic nitrogens is 2. The van der Waals surface area contributed by atoms with Gasteiger partial charge < -0.3 is 10.7 Å². The van der Waals surface area contributed by atoms with Gasteiger partial charge in [-0.3, -0.25) is 0 Å². The Hall–Kier alpha value is -0.870. The number of halogens is 1. The number of nitrogens with zero attached hydrogens (tertiary/aromatic N) is 1. The molecule has 0 saturated carbocycles. The third kappa shape index (κ3) is 2.06. The van der Waals surface area contributed by atoms with Crippen LogP contribution in [0.3, 0.4) is 0 Å². The van der Waals surface area contributed by atoms with E-state index in [1.807, 2.05) is 18.2 Å². The number of hydrogen-bond acceptors (Lipinski definition) is 2. The summed E-state index contributed by atoms with van der Waals surface area (Å²) in [6.07, 6.45) is 0. The predicted octanol–water partition coefficient (Wildman–Crippen LogP) is 2.98. The third-order valence-electron chi connectivity index (χ3n) is 2.50. The fraction of sp³-hybridized carbons (Fsp3) is 0.364. The number of nitrogens with one attached hydrogen (secondary N) is 1. The maximum atomic E-state index is 6.03. The van der Waals surface area contributed by atoms with Gasteiger partial charge in [-0.25, -0.2) is 4.98 Å². The normalized spacial score (nSPS) is 13.7. The SMILES string of the molecule is CC(C)[C@H](N)c1nc2ccc(Br)cc2[nH]1. The molecule has 3 N–H and O–H groups in total. The van der Waals surface area contributed by atoms with Gasteiger partial charge in [-0.1, -0.05) is 29.8 Å². The Morgan fingerprint density at radius 3 is 2.80 bits per heavy atom. The molecule has 1 aromatic carbocycles. The maximum absolute atomic E-state index is 6.03. The molecule has 80 valence electrons. The number of benzene rings is 1. The average Bonchev–Trinajstić information content (AvgIpc) is 2.58. The Balaban J connectivity index is 2.47. The van der Waals surface area contributed by atoms with Gasteiger partial charge in [0.1, 0.15) is 5.82 Å². The lowest BCUT2D eigenvalue weighted by atomic mass is 10.1. The first-order chi connectivity index (χ1) is 7.08. The number of aromatic amines is 1. The minimum Gasteiger partial charge on any atom is -0.341 e. The number of rotatable bonds is 2. The van der Waals surface area contributed by atoms with Crippen molar-refractivity contribution in [3.05, 3.63) is 28.5 Å². The molecular formula is C11H14BrN3. The highest BCUT2D eigenvalue weighted by molar-refractivity contribution is 9.10. The lowest BCUT2D eigenvalue weighted by Crippen LogP contribution is -2.17. The van der Waals surface area contributed by atoms with Crippen molar-refractivity contribution in [1.82, 2.24) is 9.97 Å². The molecule has 1 heterocycles. The highest BCUT2D eigenvalue weighted by Crippen LogP contribution is 2.22. The minimum absolute atomic E-state index is 0.0313. The number of imidazole rings is 1. The van der Waals surface area contributed by atoms with Crippen molar-refractivity contribution < 1.29 is 0 Å². The van der Waals surface area contributed by atoms with Crippen LogP contribution in [-0.4, -0.2) is 9.97 Å². The summed E-state index contributed by atoms with van der Waals surface area (Å²) in [5.41, 5.74) is 8.02. The standard InChI is InChI=1S/C11H14BrN3/c1-6(2)10(13)11-14-8-4-3-7(12)5-9(8)15-11/h3-6,10H,13H2,1-2H3,(H,14,15)/t10-/m0/s1. The predicted molar refractivity (Wildman–Crippen MR) is 65.6 cm³/mol. The summed E-state index contributed by atoms with van der Waals surface area (Å²) in [6, 6.07) is 5.94. The molecule has 0 unspecified atom stereocenters. The van der Waals surface area contributed by atoms with Gasteiger partial charge in [0, 0.05) is 4.47 Å². The van der Waals surface area contributed by atoms with E-state index in [0.717, 1.165) is 21.3 Å². The van der Waals surface area contributed by atoms with Gasteiger partial charge in [0.05, 0.1) is 17.1 Å². The van der Waals surface area contributed by atoms with Gasteiger partial charge in [-0.15, -0.1) is 0 Å². The van der Waals surface area contributed by atoms with Crippen LogP contribution in [0.1, 0.15) is 25.7 Å². The van der Waals surface area contributed by atoms with Crippen molar-refractivity contribution in [1.29, 1.82) is 0 Å². The molecule has 0 spiro atoms. The van der Waals surface area contributed by atoms with E-state index >= 15 is 0 Å². The zero-order valence-electron chi connectivity index (χ0n) is 8.79. The molecule has 0 aliphatic heterocycles. The molecule has 0 amide bonds. The minimum atomic E-state index is -0.0313. The summed E-state index contributed by atoms with van der Waals surface area (Å²) in [4.78, 5) is 7.72. The van der Waals surface area contributed by atoms with Gasteiger partial charge >= 0.3 is 0 Å². The van der Waals surface area contributed by atoms with Crippen LogP contribution in [0, 0.1) is 5.92 Å². The van der Waals surface area contributed by atoms with Crippen LogP contribution in [-0.2, 0) is 0 Å². The largest absolute Gasteiger partial charge is 0.341 e. The van der Waals surface area contributed by atoms with Crippen molar-refractivity contribution in [2.45, 2.75) is 19.9 Å². The Labute approximate surface area is 97.2 Å². The zero-order valence-corrected chi connectivity index (χ0v) is 10.4. The molecule has 3 nitrogen and oxygen atoms in total. The van der Waals surface area contributed by atoms with Gasteiger partial charge in [0.2, 0.25) is 0 Å². The molecule has 0 aliphatic rings. The van der Waals surface area contributed by atoms with Crippen LogP contribution >= 0.6 is 15.9 Å². The molecule has 1 aromatic heterocycles. The molecule has 2 aromatic rings. The number of nitrogens with two attached hydrogens (primary N) is 1. The summed E-state index contributed by atoms with van der Waals surface area (Å²) >= 11 is 3.43. The Kier molecular flexibility index (Phi) is 2.80. The van der Waals surface area contributed by atoms with E-state index < -0.39 is 0 Å². The molecule has 0 saturated heterocycles. The van der Waals surface area contributed by atoms with E-state index in [1.54, 1.807) is 0 Å². The molecule has 0 aliphatic carbocycles. The Morgan fingerprint density at radius 2 is 2.13 bits per heavy atom. The van der Waals surface area contributed by atoms with Crippen molar-refractivity contribution in [3.63, 3.8) is 0 Å². The van der Waals surface area contributed by atoms with Crippen LogP contribution in [0.2, 0.25) is 0 Å². The Morgan fingerprint density at radius 1 is 1.40 bits per heavy atom. The second-order valence-electron chi connectivity index (χ2n) is 4.05. The van der Waals surface area contributed by atoms with Gasteiger partial charge in [0.15, 0.2) is 0 Å². The van der Waals surface area contributed by atoms with E-state index in [-0.39, 0.29) is 6.04 Å². The zero-order chi connectivity index (χ0) is 11.0. The van der Waals surface area contributed by atoms with E-state index in [9.17, 15) is 0 Å². The lowest BCUT2D eigenvalue weighted by Gasteiger charge is -2.11. The number of H-pyrrole nitrogens is 1. The van der Waals surface area contributed by atoms with E-state index in [1.165, 1.54) is 0 Å². The van der Waals surface area contributed by atoms with Crippen molar-refractivity contribution in [2.24, 2.45) is 11.7 Å². The number of hydrogen-bond donors (Lipinski definition) is 2. The quantitative estimate of drug-likeness (QED) is 0.879. The molecule has 0 fully saturated rings. The maximum Gasteiger partial charge on any atom is 0.124 e. The van der Waals surface area contributed by atoms with E-state index in [0.29, 0.717) is 5.92 Å². The molecule has 4 heteroatoms. The molecule has 0 bridgehead atoms. The van der Waals surface area contributed by atoms with Crippen LogP contribution in [0.25, 0.3) is 11.0 Å². The summed E-state index contributed by atoms with van der Waals surface area (Å²) < 4.78 is 1.04. The van der Waals surface area contributed by atoms with Crippen molar-refractivity contribution in [3.8, 4) is 0 Å². The highest BCUT2D eigenvalue weighted by atomic mass is 79.9. The second-order valence-corrected chi connectivity index (χ2v) is 4.97. The molecule has 15 heavy (non-hydrogen) atoms. The van der Waals surface area contributed by atoms with Crippen molar-refractivity contribution in [2.75, 3.05) is 0 Å². The Bertz CT molecular complexity index is 476. The van der Waals surface area contributed by atoms with Crippen molar-refractivity contribution >= 4 is 27.0 Å². The van der Waals surface area contributed by atoms with E-state index in [2.05, 4.69) is 39.7 Å². The summed E-state index contributed by atoms with van der Waals surface area (Å²) in [6.45, 7) is 4.18. The first-order valence-electron chi connectivity index (χ1n) is 4.98. The average molecular weight is 268 g/mol. The topological polar surface area (TPSA) is 54.7 Å². The fourth-order valence-corrected chi connectivity index (χ4v) is 1.84. The molecule has 2 rings (SSSR count). The monoisotopic (exact) mass is 267 g/mol. The summed E-state index contributed by atoms with van der Waals surface area (Å²) in [5, 5.41) is 0. The van der Waals surface area contributed by atoms with Crippen LogP contribution < -0.4 is 5.73 Å². The highest BCUT2D eigenvalue weighted by Gasteiger charge is 2.14. The fourth-order valence-electron chi connectivity index (χ4n) is 1.48. The smallest absolute Gasteiger partial charge is 0.124 e. The van der Waals surface area contributed by atoms with E-state index in [4.69, 9.17) is 5.73 Å². The first-order valence-corrected chi connectivity index (χ1v) is 5.78. The molecule has 1 atom stereocenters. The number of fused-ring (bicyclic) bond motifs is 1. The second kappa shape index (κ2) is 3.94. The van der Waals surface area contributed by atoms with Gasteiger partial charge in [0.25, 0.3) is 0 Å². The first kappa shape index (κ1) is 10.6. The van der Waals surface area contributed by atoms with Gasteiger partial charge in [-0.05, 0) is 24.1 Å². The third-order valence-corrected chi connectivity index (χ3v) is 2.99. The van der Waals surface area contributed by atoms with Crippen LogP contribution in [0.5, 0.6) is 0 Å². The summed E-state index contributed by atoms with van der Waals surface area (Å²) in [5.74, 6) is 1.24. The summed E-state index contributed by atoms with van der Waals surface area (Å²) in [7, 11) is 0.